The molecule has 0 aromatic heterocycles. The second-order valence-corrected chi connectivity index (χ2v) is 6.40. The summed E-state index contributed by atoms with van der Waals surface area (Å²) in [6, 6.07) is 13.9. The van der Waals surface area contributed by atoms with E-state index in [0.717, 1.165) is 38.5 Å². The predicted molar refractivity (Wildman–Crippen MR) is 94.8 cm³/mol. The quantitative estimate of drug-likeness (QED) is 0.732. The molecule has 1 aliphatic rings. The van der Waals surface area contributed by atoms with E-state index in [1.165, 1.54) is 0 Å². The Hall–Kier alpha value is -2.12. The van der Waals surface area contributed by atoms with Gasteiger partial charge in [0.25, 0.3) is 0 Å². The van der Waals surface area contributed by atoms with Gasteiger partial charge in [-0.15, -0.1) is 0 Å². The zero-order chi connectivity index (χ0) is 17.9. The molecule has 0 radical (unpaired) electrons. The van der Waals surface area contributed by atoms with Crippen molar-refractivity contribution in [1.82, 2.24) is 9.80 Å². The summed E-state index contributed by atoms with van der Waals surface area (Å²) in [5.74, 6) is 0.697. The summed E-state index contributed by atoms with van der Waals surface area (Å²) in [5, 5.41) is 28.0. The summed E-state index contributed by atoms with van der Waals surface area (Å²) >= 11 is 0. The molecule has 1 N–H and O–H groups in total. The zero-order valence-corrected chi connectivity index (χ0v) is 14.5. The average molecular weight is 342 g/mol. The van der Waals surface area contributed by atoms with E-state index in [1.807, 2.05) is 30.3 Å². The van der Waals surface area contributed by atoms with E-state index in [9.17, 15) is 5.11 Å². The third-order valence-electron chi connectivity index (χ3n) is 4.39. The van der Waals surface area contributed by atoms with Crippen LogP contribution in [0, 0.1) is 28.6 Å². The molecule has 134 valence electrons. The molecule has 2 atom stereocenters. The fraction of sp³-hybridized carbons (Fsp3) is 0.579. The van der Waals surface area contributed by atoms with Crippen molar-refractivity contribution in [2.75, 3.05) is 45.9 Å². The van der Waals surface area contributed by atoms with Crippen LogP contribution < -0.4 is 4.74 Å². The minimum Gasteiger partial charge on any atom is -0.491 e. The first-order valence-corrected chi connectivity index (χ1v) is 8.78. The van der Waals surface area contributed by atoms with E-state index in [0.29, 0.717) is 19.4 Å². The van der Waals surface area contributed by atoms with Gasteiger partial charge < -0.3 is 9.84 Å². The highest BCUT2D eigenvalue weighted by atomic mass is 16.5. The van der Waals surface area contributed by atoms with Crippen molar-refractivity contribution in [1.29, 1.82) is 10.5 Å². The van der Waals surface area contributed by atoms with Crippen LogP contribution in [0.15, 0.2) is 30.3 Å². The number of β-amino-alcohol motifs (C(OH)–C–C–N with tert-alkyl or cyclic N) is 1. The predicted octanol–water partition coefficient (Wildman–Crippen LogP) is 1.49. The fourth-order valence-corrected chi connectivity index (χ4v) is 2.96. The number of nitriles is 2. The van der Waals surface area contributed by atoms with Crippen LogP contribution in [0.3, 0.4) is 0 Å². The lowest BCUT2D eigenvalue weighted by Gasteiger charge is -2.36. The van der Waals surface area contributed by atoms with Gasteiger partial charge in [-0.1, -0.05) is 18.2 Å². The van der Waals surface area contributed by atoms with E-state index < -0.39 is 6.10 Å². The number of nitrogens with zero attached hydrogens (tertiary/aromatic N) is 4. The van der Waals surface area contributed by atoms with Crippen LogP contribution in [0.2, 0.25) is 0 Å². The highest BCUT2D eigenvalue weighted by molar-refractivity contribution is 5.20. The van der Waals surface area contributed by atoms with Gasteiger partial charge in [0.2, 0.25) is 0 Å². The van der Waals surface area contributed by atoms with Crippen LogP contribution in [-0.2, 0) is 0 Å². The number of aliphatic hydroxyl groups excluding tert-OH is 1. The minimum atomic E-state index is -0.519. The van der Waals surface area contributed by atoms with Gasteiger partial charge in [-0.2, -0.15) is 10.5 Å². The Morgan fingerprint density at radius 1 is 1.04 bits per heavy atom. The molecule has 1 saturated heterocycles. The van der Waals surface area contributed by atoms with Crippen molar-refractivity contribution >= 4 is 0 Å². The SMILES string of the molecule is N#CCC[C@@H](C#N)CN1CCN(C[C@H](O)COc2ccccc2)CC1. The lowest BCUT2D eigenvalue weighted by atomic mass is 10.0. The molecule has 0 unspecified atom stereocenters. The first-order valence-electron chi connectivity index (χ1n) is 8.78. The molecule has 1 aromatic carbocycles. The Morgan fingerprint density at radius 2 is 1.68 bits per heavy atom. The summed E-state index contributed by atoms with van der Waals surface area (Å²) < 4.78 is 5.59. The number of benzene rings is 1. The van der Waals surface area contributed by atoms with Crippen molar-refractivity contribution in [3.8, 4) is 17.9 Å². The number of hydrogen-bond acceptors (Lipinski definition) is 6. The molecule has 25 heavy (non-hydrogen) atoms. The Labute approximate surface area is 149 Å². The number of rotatable bonds is 9. The lowest BCUT2D eigenvalue weighted by Crippen LogP contribution is -2.50. The molecule has 0 bridgehead atoms. The highest BCUT2D eigenvalue weighted by Gasteiger charge is 2.21. The van der Waals surface area contributed by atoms with E-state index >= 15 is 0 Å². The molecule has 1 heterocycles. The van der Waals surface area contributed by atoms with Crippen LogP contribution in [-0.4, -0.2) is 66.9 Å². The van der Waals surface area contributed by atoms with Crippen molar-refractivity contribution in [2.24, 2.45) is 5.92 Å². The summed E-state index contributed by atoms with van der Waals surface area (Å²) in [6.45, 7) is 5.13. The molecule has 6 heteroatoms. The van der Waals surface area contributed by atoms with Crippen molar-refractivity contribution in [3.63, 3.8) is 0 Å². The standard InChI is InChI=1S/C19H26N4O2/c20-8-4-5-17(13-21)14-22-9-11-23(12-10-22)15-18(24)16-25-19-6-2-1-3-7-19/h1-3,6-7,17-18,24H,4-5,9-12,14-16H2/t17-,18-/m0/s1. The number of aliphatic hydroxyl groups is 1. The Morgan fingerprint density at radius 3 is 2.28 bits per heavy atom. The third kappa shape index (κ3) is 7.11. The van der Waals surface area contributed by atoms with Gasteiger partial charge in [-0.05, 0) is 18.6 Å². The van der Waals surface area contributed by atoms with E-state index in [-0.39, 0.29) is 12.5 Å². The van der Waals surface area contributed by atoms with Crippen molar-refractivity contribution < 1.29 is 9.84 Å². The molecule has 0 aliphatic carbocycles. The van der Waals surface area contributed by atoms with E-state index in [2.05, 4.69) is 21.9 Å². The number of ether oxygens (including phenoxy) is 1. The van der Waals surface area contributed by atoms with Gasteiger partial charge in [-0.3, -0.25) is 9.80 Å². The second-order valence-electron chi connectivity index (χ2n) is 6.40. The Balaban J connectivity index is 1.64. The summed E-state index contributed by atoms with van der Waals surface area (Å²) in [4.78, 5) is 4.50. The normalized spacial score (nSPS) is 18.0. The first kappa shape index (κ1) is 19.2. The number of para-hydroxylation sites is 1. The molecular formula is C19H26N4O2. The smallest absolute Gasteiger partial charge is 0.119 e. The summed E-state index contributed by atoms with van der Waals surface area (Å²) in [5.41, 5.74) is 0. The maximum atomic E-state index is 10.2. The summed E-state index contributed by atoms with van der Waals surface area (Å²) in [6.07, 6.45) is 0.559. The molecule has 6 nitrogen and oxygen atoms in total. The molecule has 0 spiro atoms. The maximum absolute atomic E-state index is 10.2. The Bertz CT molecular complexity index is 573. The van der Waals surface area contributed by atoms with Gasteiger partial charge in [0.1, 0.15) is 18.5 Å². The van der Waals surface area contributed by atoms with Crippen molar-refractivity contribution in [3.05, 3.63) is 30.3 Å². The molecule has 1 fully saturated rings. The monoisotopic (exact) mass is 342 g/mol. The summed E-state index contributed by atoms with van der Waals surface area (Å²) in [7, 11) is 0. The second kappa shape index (κ2) is 10.7. The van der Waals surface area contributed by atoms with Crippen molar-refractivity contribution in [2.45, 2.75) is 18.9 Å². The molecule has 1 aliphatic heterocycles. The molecule has 0 amide bonds. The lowest BCUT2D eigenvalue weighted by molar-refractivity contribution is 0.0442. The van der Waals surface area contributed by atoms with Gasteiger partial charge in [-0.25, -0.2) is 0 Å². The zero-order valence-electron chi connectivity index (χ0n) is 14.5. The maximum Gasteiger partial charge on any atom is 0.119 e. The number of piperazine rings is 1. The van der Waals surface area contributed by atoms with E-state index in [4.69, 9.17) is 15.3 Å². The first-order chi connectivity index (χ1) is 12.2. The third-order valence-corrected chi connectivity index (χ3v) is 4.39. The van der Waals surface area contributed by atoms with Crippen LogP contribution >= 0.6 is 0 Å². The average Bonchev–Trinajstić information content (AvgIpc) is 2.65. The molecule has 0 saturated carbocycles. The molecular weight excluding hydrogens is 316 g/mol. The van der Waals surface area contributed by atoms with Crippen LogP contribution in [0.5, 0.6) is 5.75 Å². The van der Waals surface area contributed by atoms with Crippen LogP contribution in [0.25, 0.3) is 0 Å². The van der Waals surface area contributed by atoms with Gasteiger partial charge >= 0.3 is 0 Å². The highest BCUT2D eigenvalue weighted by Crippen LogP contribution is 2.12. The fourth-order valence-electron chi connectivity index (χ4n) is 2.96. The minimum absolute atomic E-state index is 0.0731. The topological polar surface area (TPSA) is 83.5 Å². The molecule has 1 aromatic rings. The van der Waals surface area contributed by atoms with E-state index in [1.54, 1.807) is 0 Å². The van der Waals surface area contributed by atoms with Gasteiger partial charge in [0.15, 0.2) is 0 Å². The van der Waals surface area contributed by atoms with Gasteiger partial charge in [0, 0.05) is 45.7 Å². The largest absolute Gasteiger partial charge is 0.491 e. The van der Waals surface area contributed by atoms with Gasteiger partial charge in [0.05, 0.1) is 18.1 Å². The van der Waals surface area contributed by atoms with Crippen LogP contribution in [0.1, 0.15) is 12.8 Å². The van der Waals surface area contributed by atoms with Crippen LogP contribution in [0.4, 0.5) is 0 Å². The molecule has 2 rings (SSSR count). The number of hydrogen-bond donors (Lipinski definition) is 1. The Kier molecular flexibility index (Phi) is 8.21.